The number of sulfonamides is 1. The summed E-state index contributed by atoms with van der Waals surface area (Å²) in [5.74, 6) is -0.376. The van der Waals surface area contributed by atoms with Gasteiger partial charge < -0.3 is 10.1 Å². The molecule has 138 valence electrons. The molecule has 0 aliphatic carbocycles. The standard InChI is InChI=1S/C16H20N2O4S2.ClH/c1-3-22-16(19)15-9-12-8-13(4-5-14(12)23-15)24(20,21)18-7-6-17-10-11(18)2;/h4-5,8-9,11,17H,3,6-7,10H2,1-2H3;1H/t11-;/m1./s1. The molecule has 25 heavy (non-hydrogen) atoms. The summed E-state index contributed by atoms with van der Waals surface area (Å²) < 4.78 is 33.2. The Morgan fingerprint density at radius 2 is 2.16 bits per heavy atom. The van der Waals surface area contributed by atoms with Crippen LogP contribution in [-0.4, -0.2) is 51.0 Å². The van der Waals surface area contributed by atoms with Crippen LogP contribution in [0, 0.1) is 0 Å². The molecule has 1 aliphatic heterocycles. The molecule has 2 heterocycles. The molecule has 1 aliphatic rings. The van der Waals surface area contributed by atoms with Gasteiger partial charge in [0.15, 0.2) is 0 Å². The Bertz CT molecular complexity index is 866. The molecular weight excluding hydrogens is 384 g/mol. The van der Waals surface area contributed by atoms with Gasteiger partial charge in [-0.2, -0.15) is 4.31 Å². The Labute approximate surface area is 157 Å². The zero-order chi connectivity index (χ0) is 17.3. The minimum absolute atomic E-state index is 0. The van der Waals surface area contributed by atoms with Crippen molar-refractivity contribution in [3.8, 4) is 0 Å². The van der Waals surface area contributed by atoms with Crippen LogP contribution in [0.5, 0.6) is 0 Å². The number of fused-ring (bicyclic) bond motifs is 1. The van der Waals surface area contributed by atoms with Gasteiger partial charge in [0.05, 0.1) is 11.5 Å². The number of carbonyl (C=O) groups is 1. The SMILES string of the molecule is CCOC(=O)c1cc2cc(S(=O)(=O)N3CCNC[C@H]3C)ccc2s1.Cl. The number of benzene rings is 1. The predicted octanol–water partition coefficient (Wildman–Crippen LogP) is 2.48. The van der Waals surface area contributed by atoms with Gasteiger partial charge in [0.1, 0.15) is 4.88 Å². The number of rotatable bonds is 4. The van der Waals surface area contributed by atoms with Crippen molar-refractivity contribution in [3.63, 3.8) is 0 Å². The van der Waals surface area contributed by atoms with E-state index in [-0.39, 0.29) is 29.3 Å². The van der Waals surface area contributed by atoms with Crippen molar-refractivity contribution < 1.29 is 17.9 Å². The normalized spacial score (nSPS) is 18.7. The Morgan fingerprint density at radius 1 is 1.40 bits per heavy atom. The highest BCUT2D eigenvalue weighted by Crippen LogP contribution is 2.30. The van der Waals surface area contributed by atoms with E-state index in [1.54, 1.807) is 31.2 Å². The third-order valence-corrected chi connectivity index (χ3v) is 7.12. The second-order valence-corrected chi connectivity index (χ2v) is 8.67. The summed E-state index contributed by atoms with van der Waals surface area (Å²) in [6.07, 6.45) is 0. The Balaban J connectivity index is 0.00000225. The summed E-state index contributed by atoms with van der Waals surface area (Å²) in [4.78, 5) is 12.6. The van der Waals surface area contributed by atoms with Gasteiger partial charge in [0, 0.05) is 30.4 Å². The first-order valence-electron chi connectivity index (χ1n) is 7.86. The van der Waals surface area contributed by atoms with E-state index >= 15 is 0 Å². The minimum Gasteiger partial charge on any atom is -0.462 e. The van der Waals surface area contributed by atoms with Gasteiger partial charge in [-0.1, -0.05) is 0 Å². The molecular formula is C16H21ClN2O4S2. The summed E-state index contributed by atoms with van der Waals surface area (Å²) in [5.41, 5.74) is 0. The Morgan fingerprint density at radius 3 is 2.84 bits per heavy atom. The van der Waals surface area contributed by atoms with Crippen LogP contribution in [0.25, 0.3) is 10.1 Å². The first kappa shape index (κ1) is 20.1. The van der Waals surface area contributed by atoms with E-state index in [2.05, 4.69) is 5.32 Å². The summed E-state index contributed by atoms with van der Waals surface area (Å²) in [5, 5.41) is 3.93. The molecule has 0 spiro atoms. The smallest absolute Gasteiger partial charge is 0.348 e. The van der Waals surface area contributed by atoms with Crippen molar-refractivity contribution in [1.29, 1.82) is 0 Å². The van der Waals surface area contributed by atoms with Gasteiger partial charge in [-0.15, -0.1) is 23.7 Å². The van der Waals surface area contributed by atoms with Gasteiger partial charge in [0.25, 0.3) is 0 Å². The highest BCUT2D eigenvalue weighted by molar-refractivity contribution is 7.89. The van der Waals surface area contributed by atoms with Crippen LogP contribution in [0.15, 0.2) is 29.2 Å². The van der Waals surface area contributed by atoms with Crippen molar-refractivity contribution in [2.75, 3.05) is 26.2 Å². The van der Waals surface area contributed by atoms with E-state index in [0.717, 1.165) is 10.1 Å². The summed E-state index contributed by atoms with van der Waals surface area (Å²) in [6, 6.07) is 6.61. The van der Waals surface area contributed by atoms with Gasteiger partial charge in [0.2, 0.25) is 10.0 Å². The summed E-state index contributed by atoms with van der Waals surface area (Å²) in [7, 11) is -3.54. The third kappa shape index (κ3) is 3.98. The maximum Gasteiger partial charge on any atom is 0.348 e. The van der Waals surface area contributed by atoms with E-state index in [4.69, 9.17) is 4.74 Å². The van der Waals surface area contributed by atoms with Crippen molar-refractivity contribution in [2.45, 2.75) is 24.8 Å². The molecule has 1 fully saturated rings. The van der Waals surface area contributed by atoms with E-state index < -0.39 is 10.0 Å². The lowest BCUT2D eigenvalue weighted by molar-refractivity contribution is 0.0532. The van der Waals surface area contributed by atoms with Gasteiger partial charge in [-0.3, -0.25) is 0 Å². The molecule has 9 heteroatoms. The third-order valence-electron chi connectivity index (χ3n) is 4.01. The number of carbonyl (C=O) groups excluding carboxylic acids is 1. The second kappa shape index (κ2) is 8.01. The molecule has 2 aromatic rings. The molecule has 0 unspecified atom stereocenters. The van der Waals surface area contributed by atoms with Gasteiger partial charge in [-0.25, -0.2) is 13.2 Å². The molecule has 3 rings (SSSR count). The molecule has 0 radical (unpaired) electrons. The van der Waals surface area contributed by atoms with Gasteiger partial charge >= 0.3 is 5.97 Å². The maximum absolute atomic E-state index is 12.9. The molecule has 1 aromatic heterocycles. The van der Waals surface area contributed by atoms with Crippen molar-refractivity contribution in [2.24, 2.45) is 0 Å². The zero-order valence-electron chi connectivity index (χ0n) is 14.0. The summed E-state index contributed by atoms with van der Waals surface area (Å²) in [6.45, 7) is 5.72. The molecule has 1 atom stereocenters. The van der Waals surface area contributed by atoms with E-state index in [1.807, 2.05) is 6.92 Å². The topological polar surface area (TPSA) is 75.7 Å². The van der Waals surface area contributed by atoms with E-state index in [9.17, 15) is 13.2 Å². The number of hydrogen-bond donors (Lipinski definition) is 1. The van der Waals surface area contributed by atoms with Gasteiger partial charge in [-0.05, 0) is 43.5 Å². The number of halogens is 1. The van der Waals surface area contributed by atoms with Crippen LogP contribution < -0.4 is 5.32 Å². The largest absolute Gasteiger partial charge is 0.462 e. The van der Waals surface area contributed by atoms with E-state index in [0.29, 0.717) is 31.1 Å². The number of piperazine rings is 1. The molecule has 0 bridgehead atoms. The average Bonchev–Trinajstić information content (AvgIpc) is 2.98. The molecule has 0 saturated carbocycles. The summed E-state index contributed by atoms with van der Waals surface area (Å²) >= 11 is 1.31. The lowest BCUT2D eigenvalue weighted by atomic mass is 10.2. The molecule has 0 amide bonds. The number of thiophene rings is 1. The first-order valence-corrected chi connectivity index (χ1v) is 10.1. The highest BCUT2D eigenvalue weighted by Gasteiger charge is 2.31. The van der Waals surface area contributed by atoms with Crippen molar-refractivity contribution in [1.82, 2.24) is 9.62 Å². The van der Waals surface area contributed by atoms with Crippen LogP contribution in [0.1, 0.15) is 23.5 Å². The second-order valence-electron chi connectivity index (χ2n) is 5.70. The molecule has 1 aromatic carbocycles. The molecule has 6 nitrogen and oxygen atoms in total. The highest BCUT2D eigenvalue weighted by atomic mass is 35.5. The van der Waals surface area contributed by atoms with Crippen molar-refractivity contribution in [3.05, 3.63) is 29.1 Å². The zero-order valence-corrected chi connectivity index (χ0v) is 16.5. The lowest BCUT2D eigenvalue weighted by Gasteiger charge is -2.32. The van der Waals surface area contributed by atoms with E-state index in [1.165, 1.54) is 15.6 Å². The number of hydrogen-bond acceptors (Lipinski definition) is 6. The monoisotopic (exact) mass is 404 g/mol. The van der Waals surface area contributed by atoms with Crippen LogP contribution >= 0.6 is 23.7 Å². The van der Waals surface area contributed by atoms with Crippen molar-refractivity contribution >= 4 is 49.8 Å². The average molecular weight is 405 g/mol. The maximum atomic E-state index is 12.9. The number of esters is 1. The molecule has 1 saturated heterocycles. The van der Waals surface area contributed by atoms with Crippen LogP contribution in [-0.2, 0) is 14.8 Å². The quantitative estimate of drug-likeness (QED) is 0.792. The Hall–Kier alpha value is -1.19. The van der Waals surface area contributed by atoms with Crippen LogP contribution in [0.2, 0.25) is 0 Å². The number of nitrogens with one attached hydrogen (secondary N) is 1. The Kier molecular flexibility index (Phi) is 6.45. The fourth-order valence-electron chi connectivity index (χ4n) is 2.80. The van der Waals surface area contributed by atoms with Crippen LogP contribution in [0.4, 0.5) is 0 Å². The molecule has 1 N–H and O–H groups in total. The minimum atomic E-state index is -3.54. The van der Waals surface area contributed by atoms with Crippen LogP contribution in [0.3, 0.4) is 0 Å². The lowest BCUT2D eigenvalue weighted by Crippen LogP contribution is -2.52. The first-order chi connectivity index (χ1) is 11.4. The number of nitrogens with zero attached hydrogens (tertiary/aromatic N) is 1. The fraction of sp³-hybridized carbons (Fsp3) is 0.438. The number of ether oxygens (including phenoxy) is 1. The predicted molar refractivity (Wildman–Crippen MR) is 101 cm³/mol. The fourth-order valence-corrected chi connectivity index (χ4v) is 5.40.